The van der Waals surface area contributed by atoms with Crippen molar-refractivity contribution < 1.29 is 9.59 Å². The lowest BCUT2D eigenvalue weighted by Crippen LogP contribution is -2.28. The molecule has 2 aromatic carbocycles. The number of halogens is 1. The molecule has 0 saturated heterocycles. The molecule has 4 rings (SSSR count). The molecule has 0 atom stereocenters. The number of hydrogen-bond donors (Lipinski definition) is 2. The molecule has 0 aliphatic heterocycles. The van der Waals surface area contributed by atoms with Crippen molar-refractivity contribution in [2.75, 3.05) is 5.32 Å². The lowest BCUT2D eigenvalue weighted by atomic mass is 9.95. The van der Waals surface area contributed by atoms with Crippen LogP contribution in [0.15, 0.2) is 48.5 Å². The van der Waals surface area contributed by atoms with Crippen molar-refractivity contribution in [1.82, 2.24) is 5.32 Å². The molecular weight excluding hydrogens is 336 g/mol. The van der Waals surface area contributed by atoms with Crippen molar-refractivity contribution in [3.63, 3.8) is 0 Å². The maximum atomic E-state index is 12.8. The Labute approximate surface area is 151 Å². The summed E-state index contributed by atoms with van der Waals surface area (Å²) in [6.45, 7) is 0. The predicted molar refractivity (Wildman–Crippen MR) is 97.9 cm³/mol. The Kier molecular flexibility index (Phi) is 4.00. The Morgan fingerprint density at radius 1 is 1.04 bits per heavy atom. The first kappa shape index (κ1) is 16.2. The molecular formula is C20H19ClN2O2. The van der Waals surface area contributed by atoms with Crippen molar-refractivity contribution in [1.29, 1.82) is 0 Å². The van der Waals surface area contributed by atoms with Gasteiger partial charge in [0, 0.05) is 22.3 Å². The van der Waals surface area contributed by atoms with Crippen LogP contribution in [-0.2, 0) is 10.2 Å². The van der Waals surface area contributed by atoms with E-state index in [0.29, 0.717) is 22.3 Å². The monoisotopic (exact) mass is 354 g/mol. The molecule has 0 bridgehead atoms. The number of nitrogens with one attached hydrogen (secondary N) is 2. The van der Waals surface area contributed by atoms with Gasteiger partial charge in [0.15, 0.2) is 0 Å². The van der Waals surface area contributed by atoms with Crippen LogP contribution in [0.3, 0.4) is 0 Å². The first-order valence-corrected chi connectivity index (χ1v) is 8.93. The summed E-state index contributed by atoms with van der Waals surface area (Å²) >= 11 is 6.07. The summed E-state index contributed by atoms with van der Waals surface area (Å²) in [5.74, 6) is -0.135. The van der Waals surface area contributed by atoms with Gasteiger partial charge < -0.3 is 10.6 Å². The average Bonchev–Trinajstić information content (AvgIpc) is 3.50. The van der Waals surface area contributed by atoms with Crippen LogP contribution in [0.1, 0.15) is 41.6 Å². The van der Waals surface area contributed by atoms with Gasteiger partial charge in [-0.3, -0.25) is 9.59 Å². The van der Waals surface area contributed by atoms with Gasteiger partial charge in [-0.15, -0.1) is 0 Å². The van der Waals surface area contributed by atoms with E-state index in [1.165, 1.54) is 0 Å². The van der Waals surface area contributed by atoms with E-state index in [-0.39, 0.29) is 11.8 Å². The molecule has 2 aliphatic carbocycles. The Bertz CT molecular complexity index is 841. The molecule has 2 N–H and O–H groups in total. The minimum atomic E-state index is -0.503. The Morgan fingerprint density at radius 3 is 2.48 bits per heavy atom. The van der Waals surface area contributed by atoms with Crippen molar-refractivity contribution >= 4 is 29.1 Å². The molecule has 0 unspecified atom stereocenters. The highest BCUT2D eigenvalue weighted by Gasteiger charge is 2.51. The van der Waals surface area contributed by atoms with Crippen LogP contribution in [0.2, 0.25) is 5.02 Å². The van der Waals surface area contributed by atoms with Crippen LogP contribution in [0.5, 0.6) is 0 Å². The number of carbonyl (C=O) groups is 2. The minimum Gasteiger partial charge on any atom is -0.349 e. The molecule has 2 amide bonds. The van der Waals surface area contributed by atoms with E-state index >= 15 is 0 Å². The molecule has 2 fully saturated rings. The molecule has 4 nitrogen and oxygen atoms in total. The van der Waals surface area contributed by atoms with Gasteiger partial charge in [-0.1, -0.05) is 29.8 Å². The third-order valence-corrected chi connectivity index (χ3v) is 5.09. The summed E-state index contributed by atoms with van der Waals surface area (Å²) in [5, 5.41) is 6.56. The van der Waals surface area contributed by atoms with E-state index in [1.54, 1.807) is 30.3 Å². The van der Waals surface area contributed by atoms with Crippen molar-refractivity contribution in [3.8, 4) is 0 Å². The zero-order valence-electron chi connectivity index (χ0n) is 13.7. The number of anilines is 1. The lowest BCUT2D eigenvalue weighted by Gasteiger charge is -2.16. The van der Waals surface area contributed by atoms with Crippen LogP contribution in [0, 0.1) is 0 Å². The van der Waals surface area contributed by atoms with Crippen molar-refractivity contribution in [2.24, 2.45) is 0 Å². The number of amides is 2. The SMILES string of the molecule is O=C(NC1CC1)c1cccc(NC(=O)C2(c3cccc(Cl)c3)CC2)c1. The maximum Gasteiger partial charge on any atom is 0.251 e. The fourth-order valence-electron chi connectivity index (χ4n) is 3.04. The topological polar surface area (TPSA) is 58.2 Å². The van der Waals surface area contributed by atoms with Gasteiger partial charge in [0.2, 0.25) is 5.91 Å². The summed E-state index contributed by atoms with van der Waals surface area (Å²) in [4.78, 5) is 25.0. The van der Waals surface area contributed by atoms with Gasteiger partial charge in [-0.25, -0.2) is 0 Å². The first-order valence-electron chi connectivity index (χ1n) is 8.55. The van der Waals surface area contributed by atoms with Gasteiger partial charge in [0.1, 0.15) is 0 Å². The van der Waals surface area contributed by atoms with Gasteiger partial charge in [-0.2, -0.15) is 0 Å². The molecule has 5 heteroatoms. The van der Waals surface area contributed by atoms with E-state index in [4.69, 9.17) is 11.6 Å². The number of benzene rings is 2. The zero-order chi connectivity index (χ0) is 17.4. The van der Waals surface area contributed by atoms with Crippen LogP contribution >= 0.6 is 11.6 Å². The quantitative estimate of drug-likeness (QED) is 0.855. The Balaban J connectivity index is 1.50. The number of hydrogen-bond acceptors (Lipinski definition) is 2. The molecule has 128 valence electrons. The maximum absolute atomic E-state index is 12.8. The van der Waals surface area contributed by atoms with Crippen LogP contribution < -0.4 is 10.6 Å². The summed E-state index contributed by atoms with van der Waals surface area (Å²) in [6.07, 6.45) is 3.71. The van der Waals surface area contributed by atoms with E-state index < -0.39 is 5.41 Å². The average molecular weight is 355 g/mol. The third-order valence-electron chi connectivity index (χ3n) is 4.86. The summed E-state index contributed by atoms with van der Waals surface area (Å²) < 4.78 is 0. The smallest absolute Gasteiger partial charge is 0.251 e. The van der Waals surface area contributed by atoms with Crippen LogP contribution in [0.4, 0.5) is 5.69 Å². The first-order chi connectivity index (χ1) is 12.1. The summed E-state index contributed by atoms with van der Waals surface area (Å²) in [5.41, 5.74) is 1.65. The zero-order valence-corrected chi connectivity index (χ0v) is 14.5. The van der Waals surface area contributed by atoms with Crippen LogP contribution in [0.25, 0.3) is 0 Å². The molecule has 25 heavy (non-hydrogen) atoms. The summed E-state index contributed by atoms with van der Waals surface area (Å²) in [6, 6.07) is 14.9. The largest absolute Gasteiger partial charge is 0.349 e. The van der Waals surface area contributed by atoms with Crippen LogP contribution in [-0.4, -0.2) is 17.9 Å². The third kappa shape index (κ3) is 3.40. The minimum absolute atomic E-state index is 0.0467. The second-order valence-electron chi connectivity index (χ2n) is 6.88. The van der Waals surface area contributed by atoms with E-state index in [9.17, 15) is 9.59 Å². The van der Waals surface area contributed by atoms with Crippen molar-refractivity contribution in [2.45, 2.75) is 37.1 Å². The molecule has 2 aliphatic rings. The molecule has 2 saturated carbocycles. The van der Waals surface area contributed by atoms with Gasteiger partial charge in [0.05, 0.1) is 5.41 Å². The lowest BCUT2D eigenvalue weighted by molar-refractivity contribution is -0.118. The van der Waals surface area contributed by atoms with E-state index in [1.807, 2.05) is 18.2 Å². The summed E-state index contributed by atoms with van der Waals surface area (Å²) in [7, 11) is 0. The second-order valence-corrected chi connectivity index (χ2v) is 7.31. The highest BCUT2D eigenvalue weighted by molar-refractivity contribution is 6.30. The molecule has 0 aromatic heterocycles. The van der Waals surface area contributed by atoms with E-state index in [2.05, 4.69) is 10.6 Å². The van der Waals surface area contributed by atoms with Gasteiger partial charge in [0.25, 0.3) is 5.91 Å². The Hall–Kier alpha value is -2.33. The Morgan fingerprint density at radius 2 is 1.80 bits per heavy atom. The number of carbonyl (C=O) groups excluding carboxylic acids is 2. The second kappa shape index (κ2) is 6.19. The highest BCUT2D eigenvalue weighted by Crippen LogP contribution is 2.49. The molecule has 2 aromatic rings. The fraction of sp³-hybridized carbons (Fsp3) is 0.300. The van der Waals surface area contributed by atoms with E-state index in [0.717, 1.165) is 31.2 Å². The number of rotatable bonds is 5. The van der Waals surface area contributed by atoms with Gasteiger partial charge in [-0.05, 0) is 61.6 Å². The standard InChI is InChI=1S/C20H19ClN2O2/c21-15-5-2-4-14(12-15)20(9-10-20)19(25)23-17-6-1-3-13(11-17)18(24)22-16-7-8-16/h1-6,11-12,16H,7-10H2,(H,22,24)(H,23,25). The predicted octanol–water partition coefficient (Wildman–Crippen LogP) is 3.90. The highest BCUT2D eigenvalue weighted by atomic mass is 35.5. The molecule has 0 radical (unpaired) electrons. The molecule has 0 spiro atoms. The van der Waals surface area contributed by atoms with Gasteiger partial charge >= 0.3 is 0 Å². The fourth-order valence-corrected chi connectivity index (χ4v) is 3.23. The molecule has 0 heterocycles. The normalized spacial score (nSPS) is 17.6. The van der Waals surface area contributed by atoms with Crippen molar-refractivity contribution in [3.05, 3.63) is 64.7 Å².